The summed E-state index contributed by atoms with van der Waals surface area (Å²) in [5.74, 6) is -0.196. The van der Waals surface area contributed by atoms with E-state index in [1.165, 1.54) is 19.8 Å². The molecular formula is C18H21NO6. The number of hydrogen-bond acceptors (Lipinski definition) is 7. The second-order valence-electron chi connectivity index (χ2n) is 6.66. The lowest BCUT2D eigenvalue weighted by molar-refractivity contribution is -0.163. The Balaban J connectivity index is 1.68. The summed E-state index contributed by atoms with van der Waals surface area (Å²) in [7, 11) is 2.71. The molecule has 0 radical (unpaired) electrons. The smallest absolute Gasteiger partial charge is 0.310 e. The van der Waals surface area contributed by atoms with E-state index in [-0.39, 0.29) is 24.8 Å². The summed E-state index contributed by atoms with van der Waals surface area (Å²) in [6, 6.07) is 4.11. The summed E-state index contributed by atoms with van der Waals surface area (Å²) in [4.78, 5) is 26.7. The van der Waals surface area contributed by atoms with Crippen molar-refractivity contribution in [3.8, 4) is 11.5 Å². The van der Waals surface area contributed by atoms with Gasteiger partial charge in [-0.05, 0) is 36.1 Å². The van der Waals surface area contributed by atoms with Gasteiger partial charge in [-0.2, -0.15) is 0 Å². The van der Waals surface area contributed by atoms with E-state index in [0.717, 1.165) is 30.0 Å². The van der Waals surface area contributed by atoms with Crippen LogP contribution in [0, 0.1) is 11.8 Å². The molecule has 0 spiro atoms. The summed E-state index contributed by atoms with van der Waals surface area (Å²) in [5, 5.41) is 0. The van der Waals surface area contributed by atoms with Gasteiger partial charge in [0.25, 0.3) is 0 Å². The van der Waals surface area contributed by atoms with Crippen LogP contribution in [-0.2, 0) is 25.5 Å². The third kappa shape index (κ3) is 2.63. The fraction of sp³-hybridized carbons (Fsp3) is 0.556. The Bertz CT molecular complexity index is 718. The first-order chi connectivity index (χ1) is 12.1. The van der Waals surface area contributed by atoms with Gasteiger partial charge in [-0.25, -0.2) is 0 Å². The van der Waals surface area contributed by atoms with E-state index in [0.29, 0.717) is 13.0 Å². The maximum absolute atomic E-state index is 12.3. The maximum atomic E-state index is 12.3. The molecule has 3 unspecified atom stereocenters. The Labute approximate surface area is 145 Å². The molecule has 0 amide bonds. The molecule has 1 fully saturated rings. The highest BCUT2D eigenvalue weighted by Crippen LogP contribution is 2.45. The van der Waals surface area contributed by atoms with Crippen LogP contribution in [0.3, 0.4) is 0 Å². The van der Waals surface area contributed by atoms with Crippen LogP contribution in [0.1, 0.15) is 23.6 Å². The van der Waals surface area contributed by atoms with Crippen molar-refractivity contribution in [2.24, 2.45) is 11.8 Å². The average molecular weight is 347 g/mol. The molecule has 1 aromatic rings. The number of rotatable bonds is 2. The molecule has 1 aromatic carbocycles. The number of carbonyl (C=O) groups excluding carboxylic acids is 2. The Hall–Kier alpha value is -2.28. The van der Waals surface area contributed by atoms with Crippen LogP contribution in [0.25, 0.3) is 0 Å². The summed E-state index contributed by atoms with van der Waals surface area (Å²) >= 11 is 0. The molecule has 0 bridgehead atoms. The van der Waals surface area contributed by atoms with Crippen LogP contribution in [0.5, 0.6) is 11.5 Å². The molecule has 25 heavy (non-hydrogen) atoms. The first-order valence-corrected chi connectivity index (χ1v) is 8.44. The van der Waals surface area contributed by atoms with Crippen molar-refractivity contribution in [2.75, 3.05) is 34.1 Å². The Morgan fingerprint density at radius 2 is 1.76 bits per heavy atom. The SMILES string of the molecule is COC(=O)C1CC2c3cc4c(cc3CCN2CC1C(=O)OC)OCO4. The minimum atomic E-state index is -0.505. The number of esters is 2. The summed E-state index contributed by atoms with van der Waals surface area (Å²) in [5.41, 5.74) is 2.36. The van der Waals surface area contributed by atoms with Gasteiger partial charge in [0.05, 0.1) is 26.1 Å². The fourth-order valence-corrected chi connectivity index (χ4v) is 4.22. The molecule has 0 N–H and O–H groups in total. The van der Waals surface area contributed by atoms with E-state index < -0.39 is 11.8 Å². The normalized spacial score (nSPS) is 27.2. The maximum Gasteiger partial charge on any atom is 0.310 e. The number of hydrogen-bond donors (Lipinski definition) is 0. The number of benzene rings is 1. The van der Waals surface area contributed by atoms with E-state index in [4.69, 9.17) is 18.9 Å². The lowest BCUT2D eigenvalue weighted by Crippen LogP contribution is -2.50. The van der Waals surface area contributed by atoms with Crippen LogP contribution in [0.15, 0.2) is 12.1 Å². The minimum Gasteiger partial charge on any atom is -0.469 e. The third-order valence-electron chi connectivity index (χ3n) is 5.50. The monoisotopic (exact) mass is 347 g/mol. The number of methoxy groups -OCH3 is 2. The topological polar surface area (TPSA) is 74.3 Å². The van der Waals surface area contributed by atoms with Gasteiger partial charge in [-0.1, -0.05) is 0 Å². The van der Waals surface area contributed by atoms with Crippen molar-refractivity contribution < 1.29 is 28.5 Å². The van der Waals surface area contributed by atoms with Crippen LogP contribution in [0.4, 0.5) is 0 Å². The van der Waals surface area contributed by atoms with Gasteiger partial charge in [0.2, 0.25) is 6.79 Å². The second-order valence-corrected chi connectivity index (χ2v) is 6.66. The average Bonchev–Trinajstić information content (AvgIpc) is 3.11. The van der Waals surface area contributed by atoms with Gasteiger partial charge in [-0.3, -0.25) is 14.5 Å². The van der Waals surface area contributed by atoms with E-state index in [1.807, 2.05) is 12.1 Å². The minimum absolute atomic E-state index is 0.0586. The fourth-order valence-electron chi connectivity index (χ4n) is 4.22. The van der Waals surface area contributed by atoms with Crippen LogP contribution >= 0.6 is 0 Å². The number of fused-ring (bicyclic) bond motifs is 4. The number of nitrogens with zero attached hydrogens (tertiary/aromatic N) is 1. The summed E-state index contributed by atoms with van der Waals surface area (Å²) < 4.78 is 20.8. The Kier molecular flexibility index (Phi) is 4.03. The molecule has 7 nitrogen and oxygen atoms in total. The van der Waals surface area contributed by atoms with Crippen LogP contribution < -0.4 is 9.47 Å². The summed E-state index contributed by atoms with van der Waals surface area (Å²) in [6.07, 6.45) is 1.40. The highest BCUT2D eigenvalue weighted by molar-refractivity contribution is 5.82. The molecule has 7 heteroatoms. The third-order valence-corrected chi connectivity index (χ3v) is 5.50. The van der Waals surface area contributed by atoms with E-state index in [9.17, 15) is 9.59 Å². The molecular weight excluding hydrogens is 326 g/mol. The van der Waals surface area contributed by atoms with Gasteiger partial charge < -0.3 is 18.9 Å². The largest absolute Gasteiger partial charge is 0.469 e. The number of piperidine rings is 1. The molecule has 3 aliphatic rings. The molecule has 0 saturated carbocycles. The van der Waals surface area contributed by atoms with Crippen LogP contribution in [0.2, 0.25) is 0 Å². The van der Waals surface area contributed by atoms with Crippen molar-refractivity contribution in [1.82, 2.24) is 4.90 Å². The van der Waals surface area contributed by atoms with Gasteiger partial charge >= 0.3 is 11.9 Å². The van der Waals surface area contributed by atoms with Crippen molar-refractivity contribution in [3.05, 3.63) is 23.3 Å². The van der Waals surface area contributed by atoms with Gasteiger partial charge in [-0.15, -0.1) is 0 Å². The van der Waals surface area contributed by atoms with Gasteiger partial charge in [0, 0.05) is 19.1 Å². The van der Waals surface area contributed by atoms with Crippen LogP contribution in [-0.4, -0.2) is 50.9 Å². The molecule has 0 aliphatic carbocycles. The second kappa shape index (κ2) is 6.22. The Morgan fingerprint density at radius 1 is 1.08 bits per heavy atom. The number of carbonyl (C=O) groups is 2. The van der Waals surface area contributed by atoms with Crippen molar-refractivity contribution in [3.63, 3.8) is 0 Å². The quantitative estimate of drug-likeness (QED) is 0.747. The molecule has 3 atom stereocenters. The predicted molar refractivity (Wildman–Crippen MR) is 86.2 cm³/mol. The lowest BCUT2D eigenvalue weighted by atomic mass is 9.76. The van der Waals surface area contributed by atoms with E-state index in [2.05, 4.69) is 4.90 Å². The Morgan fingerprint density at radius 3 is 2.48 bits per heavy atom. The van der Waals surface area contributed by atoms with Crippen molar-refractivity contribution in [2.45, 2.75) is 18.9 Å². The van der Waals surface area contributed by atoms with Crippen molar-refractivity contribution >= 4 is 11.9 Å². The first kappa shape index (κ1) is 16.2. The number of ether oxygens (including phenoxy) is 4. The van der Waals surface area contributed by atoms with E-state index in [1.54, 1.807) is 0 Å². The molecule has 3 aliphatic heterocycles. The van der Waals surface area contributed by atoms with Gasteiger partial charge in [0.1, 0.15) is 0 Å². The molecule has 0 aromatic heterocycles. The lowest BCUT2D eigenvalue weighted by Gasteiger charge is -2.45. The molecule has 3 heterocycles. The zero-order valence-electron chi connectivity index (χ0n) is 14.3. The molecule has 4 rings (SSSR count). The van der Waals surface area contributed by atoms with Crippen molar-refractivity contribution in [1.29, 1.82) is 0 Å². The van der Waals surface area contributed by atoms with E-state index >= 15 is 0 Å². The van der Waals surface area contributed by atoms with Gasteiger partial charge in [0.15, 0.2) is 11.5 Å². The highest BCUT2D eigenvalue weighted by Gasteiger charge is 2.46. The molecule has 134 valence electrons. The standard InChI is InChI=1S/C18H21NO6/c1-22-17(20)12-6-14-11-7-16-15(24-9-25-16)5-10(11)3-4-19(14)8-13(12)18(21)23-2/h5,7,12-14H,3-4,6,8-9H2,1-2H3. The zero-order valence-corrected chi connectivity index (χ0v) is 14.3. The zero-order chi connectivity index (χ0) is 17.6. The summed E-state index contributed by atoms with van der Waals surface area (Å²) in [6.45, 7) is 1.56. The first-order valence-electron chi connectivity index (χ1n) is 8.44. The molecule has 1 saturated heterocycles. The predicted octanol–water partition coefficient (Wildman–Crippen LogP) is 1.30. The highest BCUT2D eigenvalue weighted by atomic mass is 16.7.